The Kier molecular flexibility index (Phi) is 4.45. The lowest BCUT2D eigenvalue weighted by Crippen LogP contribution is -2.36. The molecular weight excluding hydrogens is 254 g/mol. The average Bonchev–Trinajstić information content (AvgIpc) is 2.85. The molecular formula is C14H25N5O. The molecule has 3 N–H and O–H groups in total. The van der Waals surface area contributed by atoms with E-state index in [1.54, 1.807) is 4.68 Å². The Hall–Kier alpha value is -1.40. The van der Waals surface area contributed by atoms with Crippen LogP contribution in [0.5, 0.6) is 0 Å². The van der Waals surface area contributed by atoms with Crippen LogP contribution in [-0.2, 0) is 11.8 Å². The third-order valence-electron chi connectivity index (χ3n) is 4.24. The lowest BCUT2D eigenvalue weighted by molar-refractivity contribution is -0.117. The molecule has 0 radical (unpaired) electrons. The van der Waals surface area contributed by atoms with Gasteiger partial charge in [-0.1, -0.05) is 0 Å². The van der Waals surface area contributed by atoms with Crippen LogP contribution >= 0.6 is 0 Å². The van der Waals surface area contributed by atoms with Crippen LogP contribution in [0.15, 0.2) is 0 Å². The number of nitrogens with one attached hydrogen (secondary N) is 1. The lowest BCUT2D eigenvalue weighted by Gasteiger charge is -2.20. The Labute approximate surface area is 120 Å². The van der Waals surface area contributed by atoms with Crippen LogP contribution < -0.4 is 11.1 Å². The van der Waals surface area contributed by atoms with E-state index in [2.05, 4.69) is 22.2 Å². The van der Waals surface area contributed by atoms with Gasteiger partial charge in [-0.2, -0.15) is 5.10 Å². The third-order valence-corrected chi connectivity index (χ3v) is 4.24. The standard InChI is InChI=1S/C14H25N5O/c1-9-5-12(6-15)7-19(9)8-13(20)16-14-10(2)17-18(4)11(14)3/h9,12H,5-8,15H2,1-4H3,(H,16,20). The second-order valence-electron chi connectivity index (χ2n) is 5.83. The van der Waals surface area contributed by atoms with Crippen LogP contribution in [0.1, 0.15) is 24.7 Å². The fourth-order valence-electron chi connectivity index (χ4n) is 2.93. The Balaban J connectivity index is 1.96. The van der Waals surface area contributed by atoms with Crippen LogP contribution in [0, 0.1) is 19.8 Å². The highest BCUT2D eigenvalue weighted by atomic mass is 16.2. The first-order valence-electron chi connectivity index (χ1n) is 7.16. The molecule has 0 spiro atoms. The Morgan fingerprint density at radius 3 is 2.70 bits per heavy atom. The molecule has 20 heavy (non-hydrogen) atoms. The largest absolute Gasteiger partial charge is 0.330 e. The van der Waals surface area contributed by atoms with Crippen molar-refractivity contribution in [1.29, 1.82) is 0 Å². The zero-order valence-electron chi connectivity index (χ0n) is 12.8. The summed E-state index contributed by atoms with van der Waals surface area (Å²) in [6.45, 7) is 8.05. The SMILES string of the molecule is Cc1nn(C)c(C)c1NC(=O)CN1CC(CN)CC1C. The number of likely N-dealkylation sites (tertiary alicyclic amines) is 1. The van der Waals surface area contributed by atoms with E-state index in [0.717, 1.165) is 30.0 Å². The van der Waals surface area contributed by atoms with Crippen molar-refractivity contribution in [1.82, 2.24) is 14.7 Å². The molecule has 2 atom stereocenters. The summed E-state index contributed by atoms with van der Waals surface area (Å²) in [7, 11) is 1.88. The van der Waals surface area contributed by atoms with E-state index in [9.17, 15) is 4.79 Å². The van der Waals surface area contributed by atoms with Crippen LogP contribution in [0.4, 0.5) is 5.69 Å². The Morgan fingerprint density at radius 2 is 2.20 bits per heavy atom. The van der Waals surface area contributed by atoms with Gasteiger partial charge in [-0.05, 0) is 39.7 Å². The number of rotatable bonds is 4. The molecule has 1 aliphatic rings. The molecule has 1 amide bonds. The number of carbonyl (C=O) groups is 1. The molecule has 1 fully saturated rings. The summed E-state index contributed by atoms with van der Waals surface area (Å²) in [4.78, 5) is 14.4. The zero-order chi connectivity index (χ0) is 14.9. The van der Waals surface area contributed by atoms with Crippen molar-refractivity contribution in [3.63, 3.8) is 0 Å². The summed E-state index contributed by atoms with van der Waals surface area (Å²) >= 11 is 0. The van der Waals surface area contributed by atoms with E-state index < -0.39 is 0 Å². The summed E-state index contributed by atoms with van der Waals surface area (Å²) in [5.74, 6) is 0.536. The minimum atomic E-state index is 0.0220. The fraction of sp³-hybridized carbons (Fsp3) is 0.714. The molecule has 0 aromatic carbocycles. The van der Waals surface area contributed by atoms with Gasteiger partial charge < -0.3 is 11.1 Å². The van der Waals surface area contributed by atoms with Gasteiger partial charge in [0.25, 0.3) is 0 Å². The number of aryl methyl sites for hydroxylation is 2. The van der Waals surface area contributed by atoms with Crippen LogP contribution in [0.25, 0.3) is 0 Å². The molecule has 6 heteroatoms. The first kappa shape index (κ1) is 15.0. The van der Waals surface area contributed by atoms with Crippen molar-refractivity contribution >= 4 is 11.6 Å². The number of carbonyl (C=O) groups excluding carboxylic acids is 1. The third kappa shape index (κ3) is 3.02. The second-order valence-corrected chi connectivity index (χ2v) is 5.83. The van der Waals surface area contributed by atoms with Gasteiger partial charge in [0, 0.05) is 19.6 Å². The van der Waals surface area contributed by atoms with Crippen molar-refractivity contribution < 1.29 is 4.79 Å². The summed E-state index contributed by atoms with van der Waals surface area (Å²) in [5, 5.41) is 7.29. The van der Waals surface area contributed by atoms with E-state index >= 15 is 0 Å². The van der Waals surface area contributed by atoms with Crippen LogP contribution in [0.2, 0.25) is 0 Å². The number of aromatic nitrogens is 2. The number of amides is 1. The Bertz CT molecular complexity index is 496. The maximum absolute atomic E-state index is 12.2. The highest BCUT2D eigenvalue weighted by Gasteiger charge is 2.29. The van der Waals surface area contributed by atoms with Gasteiger partial charge in [0.15, 0.2) is 0 Å². The molecule has 6 nitrogen and oxygen atoms in total. The molecule has 2 unspecified atom stereocenters. The number of anilines is 1. The predicted molar refractivity (Wildman–Crippen MR) is 79.5 cm³/mol. The highest BCUT2D eigenvalue weighted by molar-refractivity contribution is 5.93. The number of nitrogens with zero attached hydrogens (tertiary/aromatic N) is 3. The fourth-order valence-corrected chi connectivity index (χ4v) is 2.93. The van der Waals surface area contributed by atoms with Crippen molar-refractivity contribution in [2.24, 2.45) is 18.7 Å². The molecule has 1 aliphatic heterocycles. The normalized spacial score (nSPS) is 23.2. The van der Waals surface area contributed by atoms with Crippen molar-refractivity contribution in [3.05, 3.63) is 11.4 Å². The quantitative estimate of drug-likeness (QED) is 0.848. The molecule has 2 rings (SSSR count). The monoisotopic (exact) mass is 279 g/mol. The summed E-state index contributed by atoms with van der Waals surface area (Å²) in [5.41, 5.74) is 8.38. The number of hydrogen-bond donors (Lipinski definition) is 2. The van der Waals surface area contributed by atoms with Gasteiger partial charge in [-0.25, -0.2) is 0 Å². The van der Waals surface area contributed by atoms with Crippen LogP contribution in [0.3, 0.4) is 0 Å². The molecule has 0 aliphatic carbocycles. The second kappa shape index (κ2) is 5.93. The molecule has 1 aromatic heterocycles. The summed E-state index contributed by atoms with van der Waals surface area (Å²) in [6, 6.07) is 0.422. The van der Waals surface area contributed by atoms with E-state index in [0.29, 0.717) is 25.0 Å². The summed E-state index contributed by atoms with van der Waals surface area (Å²) in [6.07, 6.45) is 1.08. The van der Waals surface area contributed by atoms with E-state index in [1.807, 2.05) is 20.9 Å². The van der Waals surface area contributed by atoms with Crippen molar-refractivity contribution in [2.45, 2.75) is 33.2 Å². The van der Waals surface area contributed by atoms with Gasteiger partial charge in [0.1, 0.15) is 0 Å². The average molecular weight is 279 g/mol. The molecule has 2 heterocycles. The van der Waals surface area contributed by atoms with Gasteiger partial charge in [0.2, 0.25) is 5.91 Å². The molecule has 1 saturated heterocycles. The molecule has 1 aromatic rings. The van der Waals surface area contributed by atoms with Gasteiger partial charge >= 0.3 is 0 Å². The molecule has 0 saturated carbocycles. The first-order valence-corrected chi connectivity index (χ1v) is 7.16. The highest BCUT2D eigenvalue weighted by Crippen LogP contribution is 2.22. The minimum Gasteiger partial charge on any atom is -0.330 e. The summed E-state index contributed by atoms with van der Waals surface area (Å²) < 4.78 is 1.79. The molecule has 112 valence electrons. The van der Waals surface area contributed by atoms with Gasteiger partial charge in [-0.3, -0.25) is 14.4 Å². The van der Waals surface area contributed by atoms with Gasteiger partial charge in [-0.15, -0.1) is 0 Å². The van der Waals surface area contributed by atoms with E-state index in [4.69, 9.17) is 5.73 Å². The Morgan fingerprint density at radius 1 is 1.50 bits per heavy atom. The lowest BCUT2D eigenvalue weighted by atomic mass is 10.1. The zero-order valence-corrected chi connectivity index (χ0v) is 12.8. The van der Waals surface area contributed by atoms with Gasteiger partial charge in [0.05, 0.1) is 23.6 Å². The van der Waals surface area contributed by atoms with Crippen molar-refractivity contribution in [2.75, 3.05) is 25.0 Å². The maximum Gasteiger partial charge on any atom is 0.238 e. The maximum atomic E-state index is 12.2. The number of hydrogen-bond acceptors (Lipinski definition) is 4. The predicted octanol–water partition coefficient (Wildman–Crippen LogP) is 0.645. The van der Waals surface area contributed by atoms with E-state index in [-0.39, 0.29) is 5.91 Å². The minimum absolute atomic E-state index is 0.0220. The number of nitrogens with two attached hydrogens (primary N) is 1. The topological polar surface area (TPSA) is 76.2 Å². The van der Waals surface area contributed by atoms with Crippen molar-refractivity contribution in [3.8, 4) is 0 Å². The molecule has 0 bridgehead atoms. The van der Waals surface area contributed by atoms with Crippen LogP contribution in [-0.4, -0.2) is 46.3 Å². The first-order chi connectivity index (χ1) is 9.42. The smallest absolute Gasteiger partial charge is 0.238 e. The van der Waals surface area contributed by atoms with E-state index in [1.165, 1.54) is 0 Å².